The number of halogens is 1. The minimum Gasteiger partial charge on any atom is -0.490 e. The summed E-state index contributed by atoms with van der Waals surface area (Å²) in [4.78, 5) is 28.2. The molecule has 0 saturated carbocycles. The zero-order valence-electron chi connectivity index (χ0n) is 18.6. The molecule has 3 N–H and O–H groups in total. The summed E-state index contributed by atoms with van der Waals surface area (Å²) in [5.74, 6) is 0.534. The van der Waals surface area contributed by atoms with Crippen LogP contribution in [0.15, 0.2) is 39.9 Å². The average Bonchev–Trinajstić information content (AvgIpc) is 2.81. The number of hydrogen-bond donors (Lipinski definition) is 3. The Morgan fingerprint density at radius 2 is 2.12 bits per heavy atom. The van der Waals surface area contributed by atoms with Crippen LogP contribution in [0.1, 0.15) is 43.5 Å². The largest absolute Gasteiger partial charge is 0.490 e. The number of ether oxygens (including phenoxy) is 1. The van der Waals surface area contributed by atoms with E-state index in [1.807, 2.05) is 6.07 Å². The van der Waals surface area contributed by atoms with E-state index in [-0.39, 0.29) is 16.8 Å². The number of rotatable bonds is 6. The van der Waals surface area contributed by atoms with Gasteiger partial charge in [0.15, 0.2) is 0 Å². The summed E-state index contributed by atoms with van der Waals surface area (Å²) in [7, 11) is 1.53. The lowest BCUT2D eigenvalue weighted by Gasteiger charge is -2.23. The molecule has 1 aliphatic heterocycles. The molecule has 0 bridgehead atoms. The molecule has 4 rings (SSSR count). The predicted octanol–water partition coefficient (Wildman–Crippen LogP) is 3.45. The third kappa shape index (κ3) is 4.90. The van der Waals surface area contributed by atoms with Gasteiger partial charge in [0.25, 0.3) is 11.1 Å². The van der Waals surface area contributed by atoms with Gasteiger partial charge in [-0.15, -0.1) is 0 Å². The number of aromatic nitrogens is 2. The predicted molar refractivity (Wildman–Crippen MR) is 129 cm³/mol. The van der Waals surface area contributed by atoms with Crippen LogP contribution in [0.25, 0.3) is 10.9 Å². The molecule has 1 aromatic carbocycles. The molecule has 3 aromatic rings. The maximum absolute atomic E-state index is 12.8. The van der Waals surface area contributed by atoms with Crippen molar-refractivity contribution < 1.29 is 4.74 Å². The highest BCUT2D eigenvalue weighted by Crippen LogP contribution is 2.30. The van der Waals surface area contributed by atoms with Gasteiger partial charge in [0.1, 0.15) is 29.8 Å². The highest BCUT2D eigenvalue weighted by molar-refractivity contribution is 6.32. The van der Waals surface area contributed by atoms with Gasteiger partial charge in [0.2, 0.25) is 0 Å². The van der Waals surface area contributed by atoms with E-state index in [2.05, 4.69) is 15.6 Å². The lowest BCUT2D eigenvalue weighted by Crippen LogP contribution is -2.38. The molecule has 0 aliphatic carbocycles. The Bertz CT molecular complexity index is 1330. The molecule has 1 aliphatic rings. The van der Waals surface area contributed by atoms with Crippen LogP contribution < -0.4 is 26.5 Å². The smallest absolute Gasteiger partial charge is 0.274 e. The Hall–Kier alpha value is -3.28. The topological polar surface area (TPSA) is 112 Å². The van der Waals surface area contributed by atoms with Crippen molar-refractivity contribution in [3.05, 3.63) is 67.3 Å². The summed E-state index contributed by atoms with van der Waals surface area (Å²) in [5.41, 5.74) is 1.05. The quantitative estimate of drug-likeness (QED) is 0.512. The van der Waals surface area contributed by atoms with Crippen molar-refractivity contribution in [1.29, 1.82) is 5.26 Å². The van der Waals surface area contributed by atoms with Gasteiger partial charge in [-0.25, -0.2) is 0 Å². The van der Waals surface area contributed by atoms with Crippen molar-refractivity contribution in [3.8, 4) is 11.8 Å². The van der Waals surface area contributed by atoms with Gasteiger partial charge >= 0.3 is 0 Å². The summed E-state index contributed by atoms with van der Waals surface area (Å²) in [5, 5.41) is 16.8. The molecular formula is C24H26ClN5O3. The third-order valence-electron chi connectivity index (χ3n) is 6.04. The zero-order valence-corrected chi connectivity index (χ0v) is 19.3. The van der Waals surface area contributed by atoms with Gasteiger partial charge in [0, 0.05) is 30.1 Å². The van der Waals surface area contributed by atoms with Gasteiger partial charge in [-0.3, -0.25) is 9.59 Å². The van der Waals surface area contributed by atoms with E-state index in [9.17, 15) is 9.59 Å². The number of aromatic amines is 1. The summed E-state index contributed by atoms with van der Waals surface area (Å²) in [6.45, 7) is 3.31. The molecule has 2 atom stereocenters. The minimum atomic E-state index is -0.453. The summed E-state index contributed by atoms with van der Waals surface area (Å²) in [6, 6.07) is 10.2. The molecule has 8 nitrogen and oxygen atoms in total. The van der Waals surface area contributed by atoms with Crippen molar-refractivity contribution in [2.45, 2.75) is 38.3 Å². The van der Waals surface area contributed by atoms with Crippen LogP contribution in [0.5, 0.6) is 5.75 Å². The van der Waals surface area contributed by atoms with Crippen LogP contribution in [-0.2, 0) is 7.05 Å². The van der Waals surface area contributed by atoms with E-state index in [0.29, 0.717) is 40.2 Å². The van der Waals surface area contributed by atoms with E-state index in [1.54, 1.807) is 37.3 Å². The van der Waals surface area contributed by atoms with Crippen LogP contribution in [0.4, 0.5) is 5.69 Å². The number of nitrogens with one attached hydrogen (secondary N) is 3. The van der Waals surface area contributed by atoms with Crippen LogP contribution in [0.2, 0.25) is 5.02 Å². The number of H-pyrrole nitrogens is 1. The first-order valence-electron chi connectivity index (χ1n) is 11.0. The first kappa shape index (κ1) is 22.9. The van der Waals surface area contributed by atoms with Crippen molar-refractivity contribution >= 4 is 28.2 Å². The lowest BCUT2D eigenvalue weighted by atomic mass is 10.1. The Morgan fingerprint density at radius 3 is 2.85 bits per heavy atom. The molecule has 0 amide bonds. The standard InChI is InChI=1S/C24H26ClN5O3/c1-14(28-20-7-6-17(12-26)30(2)24(20)32)18-9-15-10-19(25)22(11-21(15)29-23(18)31)33-13-16-5-3-4-8-27-16/h6-7,9-11,14,16,27-28H,3-5,8,13H2,1-2H3,(H,29,31)/t14-,16?/m0/s1. The number of nitrogens with zero attached hydrogens (tertiary/aromatic N) is 2. The lowest BCUT2D eigenvalue weighted by molar-refractivity contribution is 0.239. The van der Waals surface area contributed by atoms with Gasteiger partial charge in [-0.05, 0) is 50.6 Å². The maximum atomic E-state index is 12.8. The van der Waals surface area contributed by atoms with Crippen molar-refractivity contribution in [2.24, 2.45) is 7.05 Å². The highest BCUT2D eigenvalue weighted by Gasteiger charge is 2.17. The summed E-state index contributed by atoms with van der Waals surface area (Å²) >= 11 is 6.47. The fourth-order valence-corrected chi connectivity index (χ4v) is 4.31. The van der Waals surface area contributed by atoms with Crippen molar-refractivity contribution in [2.75, 3.05) is 18.5 Å². The van der Waals surface area contributed by atoms with E-state index in [4.69, 9.17) is 21.6 Å². The SMILES string of the molecule is C[C@H](Nc1ccc(C#N)n(C)c1=O)c1cc2cc(Cl)c(OCC3CCCCN3)cc2[nH]c1=O. The monoisotopic (exact) mass is 467 g/mol. The van der Waals surface area contributed by atoms with Crippen molar-refractivity contribution in [1.82, 2.24) is 14.9 Å². The molecule has 33 heavy (non-hydrogen) atoms. The van der Waals surface area contributed by atoms with Gasteiger partial charge in [0.05, 0.1) is 16.6 Å². The minimum absolute atomic E-state index is 0.258. The van der Waals surface area contributed by atoms with Crippen LogP contribution >= 0.6 is 11.6 Å². The number of nitriles is 1. The first-order chi connectivity index (χ1) is 15.9. The third-order valence-corrected chi connectivity index (χ3v) is 6.33. The highest BCUT2D eigenvalue weighted by atomic mass is 35.5. The Kier molecular flexibility index (Phi) is 6.72. The number of anilines is 1. The second-order valence-electron chi connectivity index (χ2n) is 8.36. The maximum Gasteiger partial charge on any atom is 0.274 e. The number of piperidine rings is 1. The van der Waals surface area contributed by atoms with Crippen LogP contribution in [0, 0.1) is 11.3 Å². The molecule has 1 saturated heterocycles. The number of benzene rings is 1. The Labute approximate surface area is 196 Å². The molecule has 3 heterocycles. The number of pyridine rings is 2. The second kappa shape index (κ2) is 9.69. The van der Waals surface area contributed by atoms with Crippen LogP contribution in [-0.4, -0.2) is 28.7 Å². The molecule has 2 aromatic heterocycles. The van der Waals surface area contributed by atoms with Crippen molar-refractivity contribution in [3.63, 3.8) is 0 Å². The van der Waals surface area contributed by atoms with E-state index in [0.717, 1.165) is 18.4 Å². The molecular weight excluding hydrogens is 442 g/mol. The summed E-state index contributed by atoms with van der Waals surface area (Å²) < 4.78 is 7.20. The Morgan fingerprint density at radius 1 is 1.30 bits per heavy atom. The average molecular weight is 468 g/mol. The van der Waals surface area contributed by atoms with E-state index in [1.165, 1.54) is 24.5 Å². The van der Waals surface area contributed by atoms with Gasteiger partial charge < -0.3 is 24.9 Å². The molecule has 172 valence electrons. The molecule has 0 radical (unpaired) electrons. The van der Waals surface area contributed by atoms with E-state index >= 15 is 0 Å². The van der Waals surface area contributed by atoms with Crippen LogP contribution in [0.3, 0.4) is 0 Å². The van der Waals surface area contributed by atoms with Gasteiger partial charge in [-0.1, -0.05) is 18.0 Å². The number of hydrogen-bond acceptors (Lipinski definition) is 6. The fraction of sp³-hybridized carbons (Fsp3) is 0.375. The number of fused-ring (bicyclic) bond motifs is 1. The molecule has 1 unspecified atom stereocenters. The summed E-state index contributed by atoms with van der Waals surface area (Å²) in [6.07, 6.45) is 3.44. The second-order valence-corrected chi connectivity index (χ2v) is 8.76. The zero-order chi connectivity index (χ0) is 23.5. The fourth-order valence-electron chi connectivity index (χ4n) is 4.08. The molecule has 9 heteroatoms. The Balaban J connectivity index is 1.57. The van der Waals surface area contributed by atoms with Gasteiger partial charge in [-0.2, -0.15) is 5.26 Å². The van der Waals surface area contributed by atoms with E-state index < -0.39 is 6.04 Å². The molecule has 0 spiro atoms. The molecule has 1 fully saturated rings. The normalized spacial score (nSPS) is 16.8. The first-order valence-corrected chi connectivity index (χ1v) is 11.3.